The van der Waals surface area contributed by atoms with Crippen molar-refractivity contribution in [3.8, 4) is 0 Å². The van der Waals surface area contributed by atoms with Crippen LogP contribution in [0, 0.1) is 46.3 Å². The molecule has 0 spiro atoms. The third-order valence-corrected chi connectivity index (χ3v) is 10.5. The second-order valence-electron chi connectivity index (χ2n) is 11.6. The van der Waals surface area contributed by atoms with E-state index in [1.165, 1.54) is 57.8 Å². The van der Waals surface area contributed by atoms with E-state index in [9.17, 15) is 18.0 Å². The van der Waals surface area contributed by atoms with E-state index >= 15 is 0 Å². The molecule has 1 nitrogen and oxygen atoms in total. The molecule has 0 amide bonds. The second kappa shape index (κ2) is 7.55. The molecule has 4 aliphatic carbocycles. The van der Waals surface area contributed by atoms with Crippen molar-refractivity contribution in [2.75, 3.05) is 0 Å². The Morgan fingerprint density at radius 2 is 1.66 bits per heavy atom. The van der Waals surface area contributed by atoms with Gasteiger partial charge in [-0.2, -0.15) is 13.2 Å². The largest absolute Gasteiger partial charge is 0.449 e. The van der Waals surface area contributed by atoms with Crippen molar-refractivity contribution in [1.29, 1.82) is 0 Å². The summed E-state index contributed by atoms with van der Waals surface area (Å²) in [6.45, 7) is 7.14. The molecular formula is C25H39F3O. The van der Waals surface area contributed by atoms with Crippen LogP contribution >= 0.6 is 0 Å². The van der Waals surface area contributed by atoms with Crippen LogP contribution in [0.1, 0.15) is 97.8 Å². The van der Waals surface area contributed by atoms with Gasteiger partial charge in [-0.3, -0.25) is 4.79 Å². The van der Waals surface area contributed by atoms with Gasteiger partial charge in [0.05, 0.1) is 0 Å². The van der Waals surface area contributed by atoms with Crippen molar-refractivity contribution in [3.63, 3.8) is 0 Å². The Kier molecular flexibility index (Phi) is 5.65. The molecule has 1 unspecified atom stereocenters. The topological polar surface area (TPSA) is 17.1 Å². The Hall–Kier alpha value is -0.540. The summed E-state index contributed by atoms with van der Waals surface area (Å²) in [5, 5.41) is 0. The van der Waals surface area contributed by atoms with Gasteiger partial charge in [0.2, 0.25) is 5.78 Å². The van der Waals surface area contributed by atoms with Crippen LogP contribution in [0.15, 0.2) is 0 Å². The van der Waals surface area contributed by atoms with Gasteiger partial charge < -0.3 is 0 Å². The van der Waals surface area contributed by atoms with Crippen molar-refractivity contribution in [3.05, 3.63) is 0 Å². The molecule has 4 rings (SSSR count). The first-order valence-corrected chi connectivity index (χ1v) is 12.2. The van der Waals surface area contributed by atoms with Crippen LogP contribution < -0.4 is 0 Å². The van der Waals surface area contributed by atoms with Crippen LogP contribution in [-0.4, -0.2) is 12.0 Å². The highest BCUT2D eigenvalue weighted by atomic mass is 19.4. The maximum atomic E-state index is 12.6. The highest BCUT2D eigenvalue weighted by Gasteiger charge is 2.60. The molecule has 0 heterocycles. The van der Waals surface area contributed by atoms with Crippen molar-refractivity contribution < 1.29 is 18.0 Å². The van der Waals surface area contributed by atoms with E-state index < -0.39 is 12.0 Å². The van der Waals surface area contributed by atoms with Gasteiger partial charge in [0, 0.05) is 6.42 Å². The number of Topliss-reactive ketones (excluding diaryl/α,β-unsaturated/α-hetero) is 1. The summed E-state index contributed by atoms with van der Waals surface area (Å²) < 4.78 is 37.9. The minimum atomic E-state index is -4.67. The Balaban J connectivity index is 1.46. The Labute approximate surface area is 174 Å². The minimum absolute atomic E-state index is 0.203. The smallest absolute Gasteiger partial charge is 0.290 e. The summed E-state index contributed by atoms with van der Waals surface area (Å²) >= 11 is 0. The van der Waals surface area contributed by atoms with Crippen molar-refractivity contribution >= 4 is 5.78 Å². The zero-order chi connectivity index (χ0) is 21.0. The Morgan fingerprint density at radius 1 is 0.931 bits per heavy atom. The maximum absolute atomic E-state index is 12.6. The monoisotopic (exact) mass is 412 g/mol. The molecule has 0 aliphatic heterocycles. The Bertz CT molecular complexity index is 628. The summed E-state index contributed by atoms with van der Waals surface area (Å²) in [4.78, 5) is 11.4. The number of halogens is 3. The molecule has 0 aromatic carbocycles. The van der Waals surface area contributed by atoms with Gasteiger partial charge in [0.1, 0.15) is 0 Å². The molecule has 0 radical (unpaired) electrons. The second-order valence-corrected chi connectivity index (χ2v) is 11.6. The van der Waals surface area contributed by atoms with E-state index in [2.05, 4.69) is 20.8 Å². The molecule has 29 heavy (non-hydrogen) atoms. The molecule has 0 aromatic rings. The predicted molar refractivity (Wildman–Crippen MR) is 109 cm³/mol. The average Bonchev–Trinajstić information content (AvgIpc) is 3.01. The predicted octanol–water partition coefficient (Wildman–Crippen LogP) is 7.58. The number of ketones is 1. The first-order valence-electron chi connectivity index (χ1n) is 12.2. The van der Waals surface area contributed by atoms with Gasteiger partial charge in [-0.1, -0.05) is 33.6 Å². The molecule has 4 heteroatoms. The van der Waals surface area contributed by atoms with Gasteiger partial charge in [0.25, 0.3) is 0 Å². The van der Waals surface area contributed by atoms with Gasteiger partial charge in [0.15, 0.2) is 0 Å². The van der Waals surface area contributed by atoms with Gasteiger partial charge in [-0.15, -0.1) is 0 Å². The SMILES string of the molecule is C[C@H](CCC(=O)C(F)(F)F)[C@H]1CC[C@H]2[C@@H]3CCC4CCCC[C@]4(C)[C@H]3CC[C@]12C. The first kappa shape index (κ1) is 21.7. The van der Waals surface area contributed by atoms with Crippen LogP contribution in [0.3, 0.4) is 0 Å². The maximum Gasteiger partial charge on any atom is 0.449 e. The molecule has 0 bridgehead atoms. The fourth-order valence-corrected chi connectivity index (χ4v) is 8.97. The van der Waals surface area contributed by atoms with E-state index in [1.807, 2.05) is 0 Å². The lowest BCUT2D eigenvalue weighted by Gasteiger charge is -2.61. The van der Waals surface area contributed by atoms with Crippen molar-refractivity contribution in [2.45, 2.75) is 104 Å². The zero-order valence-corrected chi connectivity index (χ0v) is 18.5. The van der Waals surface area contributed by atoms with Gasteiger partial charge in [-0.05, 0) is 104 Å². The molecule has 4 saturated carbocycles. The lowest BCUT2D eigenvalue weighted by Crippen LogP contribution is -2.53. The normalized spacial score (nSPS) is 45.8. The number of hydrogen-bond acceptors (Lipinski definition) is 1. The summed E-state index contributed by atoms with van der Waals surface area (Å²) in [7, 11) is 0. The van der Waals surface area contributed by atoms with E-state index in [1.54, 1.807) is 0 Å². The lowest BCUT2D eigenvalue weighted by atomic mass is 9.44. The van der Waals surface area contributed by atoms with Crippen LogP contribution in [0.4, 0.5) is 13.2 Å². The highest BCUT2D eigenvalue weighted by molar-refractivity contribution is 5.83. The fourth-order valence-electron chi connectivity index (χ4n) is 8.97. The van der Waals surface area contributed by atoms with E-state index in [4.69, 9.17) is 0 Å². The van der Waals surface area contributed by atoms with Crippen molar-refractivity contribution in [1.82, 2.24) is 0 Å². The van der Waals surface area contributed by atoms with Gasteiger partial charge in [-0.25, -0.2) is 0 Å². The molecule has 8 atom stereocenters. The van der Waals surface area contributed by atoms with Crippen LogP contribution in [0.2, 0.25) is 0 Å². The third kappa shape index (κ3) is 3.59. The summed E-state index contributed by atoms with van der Waals surface area (Å²) in [5.74, 6) is 2.48. The minimum Gasteiger partial charge on any atom is -0.290 e. The standard InChI is InChI=1S/C25H39F3O/c1-16(7-12-22(29)25(26,27)28)19-10-11-20-18-9-8-17-6-4-5-14-23(17,2)21(18)13-15-24(19,20)3/h16-21H,4-15H2,1-3H3/t16-,17?,18+,19-,20+,21+,23+,24-/m1/s1. The van der Waals surface area contributed by atoms with Crippen LogP contribution in [0.25, 0.3) is 0 Å². The van der Waals surface area contributed by atoms with Crippen LogP contribution in [0.5, 0.6) is 0 Å². The average molecular weight is 413 g/mol. The van der Waals surface area contributed by atoms with Gasteiger partial charge >= 0.3 is 6.18 Å². The molecule has 166 valence electrons. The molecule has 4 aliphatic rings. The highest BCUT2D eigenvalue weighted by Crippen LogP contribution is 2.68. The number of hydrogen-bond donors (Lipinski definition) is 0. The summed E-state index contributed by atoms with van der Waals surface area (Å²) in [6.07, 6.45) is 8.73. The molecule has 0 aromatic heterocycles. The number of alkyl halides is 3. The first-order chi connectivity index (χ1) is 13.6. The van der Waals surface area contributed by atoms with E-state index in [0.717, 1.165) is 30.1 Å². The number of fused-ring (bicyclic) bond motifs is 5. The zero-order valence-electron chi connectivity index (χ0n) is 18.5. The van der Waals surface area contributed by atoms with E-state index in [0.29, 0.717) is 17.8 Å². The fraction of sp³-hybridized carbons (Fsp3) is 0.960. The number of carbonyl (C=O) groups excluding carboxylic acids is 1. The van der Waals surface area contributed by atoms with Crippen LogP contribution in [-0.2, 0) is 4.79 Å². The number of carbonyl (C=O) groups is 1. The quantitative estimate of drug-likeness (QED) is 0.465. The number of rotatable bonds is 4. The Morgan fingerprint density at radius 3 is 2.38 bits per heavy atom. The third-order valence-electron chi connectivity index (χ3n) is 10.5. The molecular weight excluding hydrogens is 373 g/mol. The molecule has 0 saturated heterocycles. The lowest BCUT2D eigenvalue weighted by molar-refractivity contribution is -0.171. The van der Waals surface area contributed by atoms with E-state index in [-0.39, 0.29) is 17.8 Å². The van der Waals surface area contributed by atoms with Crippen molar-refractivity contribution in [2.24, 2.45) is 46.3 Å². The molecule has 0 N–H and O–H groups in total. The summed E-state index contributed by atoms with van der Waals surface area (Å²) in [6, 6.07) is 0. The molecule has 4 fully saturated rings. The summed E-state index contributed by atoms with van der Waals surface area (Å²) in [5.41, 5.74) is 0.797.